The highest BCUT2D eigenvalue weighted by atomic mass is 15.2. The van der Waals surface area contributed by atoms with E-state index < -0.39 is 0 Å². The summed E-state index contributed by atoms with van der Waals surface area (Å²) in [7, 11) is 3.86. The van der Waals surface area contributed by atoms with Gasteiger partial charge in [-0.1, -0.05) is 12.7 Å². The SMILES string of the molecule is C=CC=NC(C)=NC.CN1CCNCC1. The number of likely N-dealkylation sites (N-methyl/N-ethyl adjacent to an activating group) is 1. The molecular weight excluding hydrogens is 188 g/mol. The predicted molar refractivity (Wildman–Crippen MR) is 68.1 cm³/mol. The molecule has 1 heterocycles. The van der Waals surface area contributed by atoms with Crippen LogP contribution in [0.2, 0.25) is 0 Å². The number of nitrogens with one attached hydrogen (secondary N) is 1. The first-order chi connectivity index (χ1) is 7.20. The van der Waals surface area contributed by atoms with Crippen LogP contribution in [0.15, 0.2) is 22.6 Å². The molecule has 0 aromatic carbocycles. The average Bonchev–Trinajstić information content (AvgIpc) is 2.28. The minimum Gasteiger partial charge on any atom is -0.314 e. The summed E-state index contributed by atoms with van der Waals surface area (Å²) in [5, 5.41) is 3.27. The fraction of sp³-hybridized carbons (Fsp3) is 0.636. The van der Waals surface area contributed by atoms with Crippen molar-refractivity contribution in [1.29, 1.82) is 0 Å². The number of aliphatic imine (C=N–C) groups is 2. The monoisotopic (exact) mass is 210 g/mol. The minimum atomic E-state index is 0.768. The number of hydrogen-bond donors (Lipinski definition) is 1. The Hall–Kier alpha value is -1.00. The van der Waals surface area contributed by atoms with Crippen LogP contribution in [-0.2, 0) is 0 Å². The molecule has 4 heteroatoms. The lowest BCUT2D eigenvalue weighted by Gasteiger charge is -2.21. The summed E-state index contributed by atoms with van der Waals surface area (Å²) in [6.07, 6.45) is 3.23. The first kappa shape index (κ1) is 14.0. The van der Waals surface area contributed by atoms with Gasteiger partial charge in [0.1, 0.15) is 5.84 Å². The van der Waals surface area contributed by atoms with Crippen LogP contribution in [0.3, 0.4) is 0 Å². The molecule has 1 aliphatic heterocycles. The summed E-state index contributed by atoms with van der Waals surface area (Å²) in [5.74, 6) is 0.768. The zero-order chi connectivity index (χ0) is 11.5. The zero-order valence-corrected chi connectivity index (χ0v) is 10.0. The molecule has 0 aromatic rings. The molecule has 0 aromatic heterocycles. The summed E-state index contributed by atoms with van der Waals surface area (Å²) < 4.78 is 0. The molecule has 0 amide bonds. The van der Waals surface area contributed by atoms with Gasteiger partial charge in [-0.3, -0.25) is 4.99 Å². The number of hydrogen-bond acceptors (Lipinski definition) is 3. The maximum absolute atomic E-state index is 3.87. The van der Waals surface area contributed by atoms with E-state index in [-0.39, 0.29) is 0 Å². The smallest absolute Gasteiger partial charge is 0.119 e. The Labute approximate surface area is 92.8 Å². The van der Waals surface area contributed by atoms with E-state index in [1.165, 1.54) is 13.1 Å². The summed E-state index contributed by atoms with van der Waals surface area (Å²) in [4.78, 5) is 9.99. The van der Waals surface area contributed by atoms with E-state index in [0.717, 1.165) is 18.9 Å². The lowest BCUT2D eigenvalue weighted by Crippen LogP contribution is -2.40. The van der Waals surface area contributed by atoms with Gasteiger partial charge in [0.25, 0.3) is 0 Å². The molecule has 0 radical (unpaired) electrons. The van der Waals surface area contributed by atoms with Crippen LogP contribution >= 0.6 is 0 Å². The number of allylic oxidation sites excluding steroid dienone is 1. The Morgan fingerprint density at radius 1 is 1.40 bits per heavy atom. The Morgan fingerprint density at radius 2 is 2.00 bits per heavy atom. The lowest BCUT2D eigenvalue weighted by molar-refractivity contribution is 0.291. The van der Waals surface area contributed by atoms with Crippen molar-refractivity contribution in [3.8, 4) is 0 Å². The zero-order valence-electron chi connectivity index (χ0n) is 10.0. The standard InChI is InChI=1S/C6H10N2.C5H12N2/c1-4-5-8-6(2)7-3;1-7-4-2-6-3-5-7/h4-5H,1H2,2-3H3;6H,2-5H2,1H3. The average molecular weight is 210 g/mol. The third-order valence-electron chi connectivity index (χ3n) is 2.03. The van der Waals surface area contributed by atoms with E-state index in [1.54, 1.807) is 19.3 Å². The van der Waals surface area contributed by atoms with Gasteiger partial charge in [-0.2, -0.15) is 0 Å². The number of amidine groups is 1. The molecule has 1 rings (SSSR count). The highest BCUT2D eigenvalue weighted by molar-refractivity contribution is 5.90. The Kier molecular flexibility index (Phi) is 8.91. The van der Waals surface area contributed by atoms with Crippen molar-refractivity contribution < 1.29 is 0 Å². The fourth-order valence-electron chi connectivity index (χ4n) is 0.995. The third kappa shape index (κ3) is 9.31. The number of piperazine rings is 1. The van der Waals surface area contributed by atoms with E-state index in [4.69, 9.17) is 0 Å². The molecular formula is C11H22N4. The van der Waals surface area contributed by atoms with Gasteiger partial charge in [0.2, 0.25) is 0 Å². The quantitative estimate of drug-likeness (QED) is 0.514. The van der Waals surface area contributed by atoms with Gasteiger partial charge in [-0.05, 0) is 14.0 Å². The molecule has 1 aliphatic rings. The minimum absolute atomic E-state index is 0.768. The van der Waals surface area contributed by atoms with Gasteiger partial charge in [0, 0.05) is 39.4 Å². The van der Waals surface area contributed by atoms with Crippen LogP contribution in [0.4, 0.5) is 0 Å². The van der Waals surface area contributed by atoms with E-state index in [2.05, 4.69) is 33.8 Å². The molecule has 0 atom stereocenters. The maximum Gasteiger partial charge on any atom is 0.119 e. The first-order valence-electron chi connectivity index (χ1n) is 5.18. The Bertz CT molecular complexity index is 215. The maximum atomic E-state index is 3.87. The predicted octanol–water partition coefficient (Wildman–Crippen LogP) is 0.813. The third-order valence-corrected chi connectivity index (χ3v) is 2.03. The van der Waals surface area contributed by atoms with Gasteiger partial charge in [-0.25, -0.2) is 4.99 Å². The van der Waals surface area contributed by atoms with Gasteiger partial charge in [0.15, 0.2) is 0 Å². The normalized spacial score (nSPS) is 18.5. The van der Waals surface area contributed by atoms with Crippen LogP contribution in [0.25, 0.3) is 0 Å². The van der Waals surface area contributed by atoms with Crippen molar-refractivity contribution in [3.63, 3.8) is 0 Å². The number of rotatable bonds is 1. The summed E-state index contributed by atoms with van der Waals surface area (Å²) in [6, 6.07) is 0. The van der Waals surface area contributed by atoms with Gasteiger partial charge in [-0.15, -0.1) is 0 Å². The van der Waals surface area contributed by atoms with Crippen molar-refractivity contribution in [2.24, 2.45) is 9.98 Å². The van der Waals surface area contributed by atoms with E-state index in [0.29, 0.717) is 0 Å². The Morgan fingerprint density at radius 3 is 2.33 bits per heavy atom. The molecule has 0 spiro atoms. The fourth-order valence-corrected chi connectivity index (χ4v) is 0.995. The first-order valence-corrected chi connectivity index (χ1v) is 5.18. The van der Waals surface area contributed by atoms with Crippen LogP contribution in [0.5, 0.6) is 0 Å². The van der Waals surface area contributed by atoms with Gasteiger partial charge >= 0.3 is 0 Å². The second-order valence-corrected chi connectivity index (χ2v) is 3.34. The summed E-state index contributed by atoms with van der Waals surface area (Å²) >= 11 is 0. The van der Waals surface area contributed by atoms with Crippen LogP contribution in [-0.4, -0.2) is 57.2 Å². The molecule has 1 fully saturated rings. The summed E-state index contributed by atoms with van der Waals surface area (Å²) in [6.45, 7) is 10.0. The van der Waals surface area contributed by atoms with E-state index in [9.17, 15) is 0 Å². The number of nitrogens with zero attached hydrogens (tertiary/aromatic N) is 3. The molecule has 0 saturated carbocycles. The Balaban J connectivity index is 0.000000262. The van der Waals surface area contributed by atoms with Crippen LogP contribution in [0.1, 0.15) is 6.92 Å². The van der Waals surface area contributed by atoms with E-state index in [1.807, 2.05) is 6.92 Å². The molecule has 0 unspecified atom stereocenters. The second-order valence-electron chi connectivity index (χ2n) is 3.34. The highest BCUT2D eigenvalue weighted by Gasteiger charge is 2.01. The van der Waals surface area contributed by atoms with Crippen molar-refractivity contribution in [2.75, 3.05) is 40.3 Å². The van der Waals surface area contributed by atoms with Gasteiger partial charge in [0.05, 0.1) is 0 Å². The van der Waals surface area contributed by atoms with Crippen LogP contribution in [0, 0.1) is 0 Å². The molecule has 86 valence electrons. The molecule has 1 N–H and O–H groups in total. The highest BCUT2D eigenvalue weighted by Crippen LogP contribution is 1.83. The van der Waals surface area contributed by atoms with Crippen molar-refractivity contribution >= 4 is 12.1 Å². The van der Waals surface area contributed by atoms with Crippen molar-refractivity contribution in [2.45, 2.75) is 6.92 Å². The molecule has 0 aliphatic carbocycles. The lowest BCUT2D eigenvalue weighted by atomic mass is 10.4. The molecule has 1 saturated heterocycles. The van der Waals surface area contributed by atoms with E-state index >= 15 is 0 Å². The topological polar surface area (TPSA) is 40.0 Å². The van der Waals surface area contributed by atoms with Crippen molar-refractivity contribution in [3.05, 3.63) is 12.7 Å². The van der Waals surface area contributed by atoms with Gasteiger partial charge < -0.3 is 10.2 Å². The molecule has 15 heavy (non-hydrogen) atoms. The molecule has 0 bridgehead atoms. The second kappa shape index (κ2) is 9.55. The van der Waals surface area contributed by atoms with Crippen molar-refractivity contribution in [1.82, 2.24) is 10.2 Å². The largest absolute Gasteiger partial charge is 0.314 e. The molecule has 4 nitrogen and oxygen atoms in total. The van der Waals surface area contributed by atoms with Crippen LogP contribution < -0.4 is 5.32 Å². The summed E-state index contributed by atoms with van der Waals surface area (Å²) in [5.41, 5.74) is 0.